The molecule has 0 radical (unpaired) electrons. The van der Waals surface area contributed by atoms with Crippen molar-refractivity contribution >= 4 is 39.3 Å². The van der Waals surface area contributed by atoms with E-state index in [1.807, 2.05) is 25.1 Å². The average molecular weight is 622 g/mol. The molecule has 4 aromatic heterocycles. The first-order valence-corrected chi connectivity index (χ1v) is 15.3. The third-order valence-corrected chi connectivity index (χ3v) is 8.42. The van der Waals surface area contributed by atoms with Gasteiger partial charge in [-0.2, -0.15) is 5.10 Å². The van der Waals surface area contributed by atoms with E-state index in [9.17, 15) is 9.18 Å². The molecule has 0 atom stereocenters. The van der Waals surface area contributed by atoms with Crippen LogP contribution in [0.25, 0.3) is 55.8 Å². The number of H-pyrrole nitrogens is 2. The molecule has 0 bridgehead atoms. The van der Waals surface area contributed by atoms with E-state index in [0.717, 1.165) is 32.2 Å². The van der Waals surface area contributed by atoms with Crippen LogP contribution in [0, 0.1) is 17.6 Å². The highest BCUT2D eigenvalue weighted by atomic mass is 19.1. The van der Waals surface area contributed by atoms with E-state index in [2.05, 4.69) is 35.8 Å². The molecule has 1 saturated carbocycles. The third-order valence-electron chi connectivity index (χ3n) is 8.42. The standard InChI is InChI=1S/C34H33F2N9O/c1-45(2)12-11-38-23-14-20(13-22(35)16-23)26-9-10-39-32-30(26)41-33(42-32)31-28-27(43-44-31)8-7-25(29(28)36)21-15-24(18-37-17-21)40-34(46)19-5-3-4-6-19/h7-10,13-19,38H,3-6,11-12H2,1-2H3,(H,40,46)(H,43,44)(H,39,41,42). The van der Waals surface area contributed by atoms with Gasteiger partial charge in [0.2, 0.25) is 5.91 Å². The van der Waals surface area contributed by atoms with Crippen LogP contribution in [0.5, 0.6) is 0 Å². The van der Waals surface area contributed by atoms with Crippen LogP contribution in [0.2, 0.25) is 0 Å². The van der Waals surface area contributed by atoms with Gasteiger partial charge in [-0.15, -0.1) is 0 Å². The molecule has 1 fully saturated rings. The van der Waals surface area contributed by atoms with E-state index < -0.39 is 5.82 Å². The van der Waals surface area contributed by atoms with Gasteiger partial charge in [-0.3, -0.25) is 14.9 Å². The number of aromatic amines is 2. The number of nitrogens with zero attached hydrogens (tertiary/aromatic N) is 5. The molecule has 46 heavy (non-hydrogen) atoms. The Kier molecular flexibility index (Phi) is 7.87. The summed E-state index contributed by atoms with van der Waals surface area (Å²) in [7, 11) is 3.95. The second kappa shape index (κ2) is 12.3. The summed E-state index contributed by atoms with van der Waals surface area (Å²) in [5.41, 5.74) is 5.04. The van der Waals surface area contributed by atoms with Crippen molar-refractivity contribution in [2.24, 2.45) is 5.92 Å². The highest BCUT2D eigenvalue weighted by Crippen LogP contribution is 2.36. The maximum atomic E-state index is 16.3. The lowest BCUT2D eigenvalue weighted by atomic mass is 10.0. The quantitative estimate of drug-likeness (QED) is 0.143. The Bertz CT molecular complexity index is 2060. The summed E-state index contributed by atoms with van der Waals surface area (Å²) in [4.78, 5) is 31.4. The van der Waals surface area contributed by atoms with Gasteiger partial charge in [0.15, 0.2) is 11.5 Å². The molecule has 0 saturated heterocycles. The molecule has 0 unspecified atom stereocenters. The molecule has 4 heterocycles. The molecular weight excluding hydrogens is 588 g/mol. The van der Waals surface area contributed by atoms with Crippen LogP contribution in [0.3, 0.4) is 0 Å². The lowest BCUT2D eigenvalue weighted by molar-refractivity contribution is -0.119. The molecule has 4 N–H and O–H groups in total. The Morgan fingerprint density at radius 1 is 1.00 bits per heavy atom. The van der Waals surface area contributed by atoms with Crippen LogP contribution in [0.1, 0.15) is 25.7 Å². The smallest absolute Gasteiger partial charge is 0.227 e. The predicted octanol–water partition coefficient (Wildman–Crippen LogP) is 6.61. The SMILES string of the molecule is CN(C)CCNc1cc(F)cc(-c2ccnc3[nH]c(-c4n[nH]c5ccc(-c6cncc(NC(=O)C7CCCC7)c6)c(F)c45)nc23)c1. The minimum atomic E-state index is -0.505. The number of carbonyl (C=O) groups excluding carboxylic acids is 1. The number of carbonyl (C=O) groups is 1. The van der Waals surface area contributed by atoms with Crippen LogP contribution in [-0.2, 0) is 4.79 Å². The number of hydrogen-bond acceptors (Lipinski definition) is 7. The number of benzene rings is 2. The Morgan fingerprint density at radius 3 is 2.65 bits per heavy atom. The molecule has 2 aromatic carbocycles. The summed E-state index contributed by atoms with van der Waals surface area (Å²) in [6.07, 6.45) is 8.62. The van der Waals surface area contributed by atoms with Crippen LogP contribution in [-0.4, -0.2) is 68.1 Å². The first-order valence-electron chi connectivity index (χ1n) is 15.3. The van der Waals surface area contributed by atoms with Crippen molar-refractivity contribution in [2.45, 2.75) is 25.7 Å². The van der Waals surface area contributed by atoms with E-state index in [1.54, 1.807) is 42.9 Å². The topological polar surface area (TPSA) is 128 Å². The molecule has 7 rings (SSSR count). The fourth-order valence-electron chi connectivity index (χ4n) is 6.08. The molecule has 234 valence electrons. The van der Waals surface area contributed by atoms with Gasteiger partial charge in [0, 0.05) is 53.8 Å². The second-order valence-corrected chi connectivity index (χ2v) is 12.0. The summed E-state index contributed by atoms with van der Waals surface area (Å²) in [6.45, 7) is 1.45. The fourth-order valence-corrected chi connectivity index (χ4v) is 6.08. The average Bonchev–Trinajstić information content (AvgIpc) is 3.81. The molecular formula is C34H33F2N9O. The van der Waals surface area contributed by atoms with Crippen molar-refractivity contribution in [1.29, 1.82) is 0 Å². The lowest BCUT2D eigenvalue weighted by Gasteiger charge is -2.12. The summed E-state index contributed by atoms with van der Waals surface area (Å²) in [5.74, 6) is -0.604. The number of imidazole rings is 1. The molecule has 6 aromatic rings. The van der Waals surface area contributed by atoms with E-state index >= 15 is 4.39 Å². The van der Waals surface area contributed by atoms with Crippen molar-refractivity contribution in [1.82, 2.24) is 35.0 Å². The summed E-state index contributed by atoms with van der Waals surface area (Å²) in [6, 6.07) is 11.7. The highest BCUT2D eigenvalue weighted by molar-refractivity contribution is 5.98. The van der Waals surface area contributed by atoms with Gasteiger partial charge in [0.1, 0.15) is 22.8 Å². The van der Waals surface area contributed by atoms with Crippen molar-refractivity contribution in [2.75, 3.05) is 37.8 Å². The van der Waals surface area contributed by atoms with Crippen LogP contribution < -0.4 is 10.6 Å². The number of fused-ring (bicyclic) bond motifs is 2. The lowest BCUT2D eigenvalue weighted by Crippen LogP contribution is -2.20. The molecule has 0 aliphatic heterocycles. The zero-order valence-corrected chi connectivity index (χ0v) is 25.5. The maximum absolute atomic E-state index is 16.3. The normalized spacial score (nSPS) is 13.7. The molecule has 12 heteroatoms. The van der Waals surface area contributed by atoms with Gasteiger partial charge in [-0.1, -0.05) is 12.8 Å². The van der Waals surface area contributed by atoms with Crippen molar-refractivity contribution in [3.05, 3.63) is 72.7 Å². The molecule has 10 nitrogen and oxygen atoms in total. The van der Waals surface area contributed by atoms with Crippen molar-refractivity contribution < 1.29 is 13.6 Å². The summed E-state index contributed by atoms with van der Waals surface area (Å²) in [5, 5.41) is 13.8. The number of rotatable bonds is 9. The van der Waals surface area contributed by atoms with E-state index in [1.165, 1.54) is 12.1 Å². The van der Waals surface area contributed by atoms with Gasteiger partial charge in [-0.05, 0) is 75.0 Å². The summed E-state index contributed by atoms with van der Waals surface area (Å²) >= 11 is 0. The van der Waals surface area contributed by atoms with Crippen LogP contribution in [0.15, 0.2) is 61.1 Å². The zero-order chi connectivity index (χ0) is 31.8. The van der Waals surface area contributed by atoms with E-state index in [-0.39, 0.29) is 28.7 Å². The largest absolute Gasteiger partial charge is 0.384 e. The fraction of sp³-hybridized carbons (Fsp3) is 0.265. The van der Waals surface area contributed by atoms with E-state index in [4.69, 9.17) is 4.98 Å². The van der Waals surface area contributed by atoms with Gasteiger partial charge in [-0.25, -0.2) is 18.7 Å². The molecule has 1 aliphatic rings. The van der Waals surface area contributed by atoms with Crippen LogP contribution in [0.4, 0.5) is 20.2 Å². The Labute approximate surface area is 263 Å². The van der Waals surface area contributed by atoms with Gasteiger partial charge in [0.05, 0.1) is 22.8 Å². The first-order chi connectivity index (χ1) is 22.3. The number of hydrogen-bond donors (Lipinski definition) is 4. The minimum absolute atomic E-state index is 0.00300. The minimum Gasteiger partial charge on any atom is -0.384 e. The van der Waals surface area contributed by atoms with Gasteiger partial charge >= 0.3 is 0 Å². The monoisotopic (exact) mass is 621 g/mol. The van der Waals surface area contributed by atoms with Crippen molar-refractivity contribution in [3.8, 4) is 33.8 Å². The molecule has 1 amide bonds. The number of likely N-dealkylation sites (N-methyl/N-ethyl adjacent to an activating group) is 1. The third kappa shape index (κ3) is 5.79. The molecule has 0 spiro atoms. The zero-order valence-electron chi connectivity index (χ0n) is 25.5. The number of halogens is 2. The van der Waals surface area contributed by atoms with E-state index in [0.29, 0.717) is 62.7 Å². The number of amides is 1. The predicted molar refractivity (Wildman–Crippen MR) is 175 cm³/mol. The number of nitrogens with one attached hydrogen (secondary N) is 4. The highest BCUT2D eigenvalue weighted by Gasteiger charge is 2.24. The maximum Gasteiger partial charge on any atom is 0.227 e. The Morgan fingerprint density at radius 2 is 1.83 bits per heavy atom. The first kappa shape index (κ1) is 29.5. The van der Waals surface area contributed by atoms with Crippen molar-refractivity contribution in [3.63, 3.8) is 0 Å². The van der Waals surface area contributed by atoms with Gasteiger partial charge in [0.25, 0.3) is 0 Å². The second-order valence-electron chi connectivity index (χ2n) is 12.0. The number of aromatic nitrogens is 6. The Balaban J connectivity index is 1.23. The summed E-state index contributed by atoms with van der Waals surface area (Å²) < 4.78 is 31.0. The number of anilines is 2. The van der Waals surface area contributed by atoms with Crippen LogP contribution >= 0.6 is 0 Å². The number of pyridine rings is 2. The van der Waals surface area contributed by atoms with Gasteiger partial charge < -0.3 is 20.5 Å². The molecule has 1 aliphatic carbocycles. The Hall–Kier alpha value is -5.23.